The molecule has 2 rings (SSSR count). The topological polar surface area (TPSA) is 40.5 Å². The normalized spacial score (nSPS) is 15.3. The van der Waals surface area contributed by atoms with Gasteiger partial charge in [-0.15, -0.1) is 0 Å². The minimum atomic E-state index is -5.16. The van der Waals surface area contributed by atoms with Gasteiger partial charge < -0.3 is 0 Å². The van der Waals surface area contributed by atoms with Gasteiger partial charge in [-0.3, -0.25) is 0 Å². The van der Waals surface area contributed by atoms with E-state index in [9.17, 15) is 9.79 Å². The summed E-state index contributed by atoms with van der Waals surface area (Å²) in [6.07, 6.45) is -5.16. The fourth-order valence-electron chi connectivity index (χ4n) is 4.81. The Labute approximate surface area is 214 Å². The molecule has 0 aromatic heterocycles. The summed E-state index contributed by atoms with van der Waals surface area (Å²) in [5, 5.41) is 1.02. The summed E-state index contributed by atoms with van der Waals surface area (Å²) in [6, 6.07) is 8.34. The van der Waals surface area contributed by atoms with Crippen molar-refractivity contribution in [3.63, 3.8) is 0 Å². The van der Waals surface area contributed by atoms with E-state index in [2.05, 4.69) is 121 Å². The van der Waals surface area contributed by atoms with Crippen molar-refractivity contribution >= 4 is 28.3 Å². The van der Waals surface area contributed by atoms with Gasteiger partial charge in [-0.1, -0.05) is 0 Å². The van der Waals surface area contributed by atoms with E-state index >= 15 is 0 Å². The van der Waals surface area contributed by atoms with Gasteiger partial charge in [-0.2, -0.15) is 0 Å². The molecule has 4 heteroatoms. The summed E-state index contributed by atoms with van der Waals surface area (Å²) in [5.74, 6) is 0. The molecule has 2 aromatic carbocycles. The van der Waals surface area contributed by atoms with Crippen LogP contribution in [0, 0.1) is 13.8 Å². The van der Waals surface area contributed by atoms with Gasteiger partial charge in [-0.05, 0) is 0 Å². The Morgan fingerprint density at radius 2 is 0.676 bits per heavy atom. The second-order valence-corrected chi connectivity index (χ2v) is 19.0. The Hall–Kier alpha value is -0.920. The summed E-state index contributed by atoms with van der Waals surface area (Å²) in [4.78, 5) is 25.5. The monoisotopic (exact) mass is 506 g/mol. The van der Waals surface area contributed by atoms with Crippen LogP contribution < -0.4 is 10.6 Å². The van der Waals surface area contributed by atoms with Crippen molar-refractivity contribution in [2.75, 3.05) is 0 Å². The van der Waals surface area contributed by atoms with Crippen molar-refractivity contribution in [1.82, 2.24) is 0 Å². The van der Waals surface area contributed by atoms with Gasteiger partial charge in [0, 0.05) is 0 Å². The Morgan fingerprint density at radius 1 is 0.500 bits per heavy atom. The van der Waals surface area contributed by atoms with E-state index in [-0.39, 0.29) is 21.7 Å². The zero-order chi connectivity index (χ0) is 26.9. The van der Waals surface area contributed by atoms with E-state index in [4.69, 9.17) is 11.2 Å². The van der Waals surface area contributed by atoms with Crippen molar-refractivity contribution < 1.29 is 9.79 Å². The van der Waals surface area contributed by atoms with Crippen LogP contribution in [0.1, 0.15) is 116 Å². The van der Waals surface area contributed by atoms with Crippen LogP contribution >= 0.6 is 17.7 Å². The van der Waals surface area contributed by atoms with Gasteiger partial charge in [0.05, 0.1) is 0 Å². The van der Waals surface area contributed by atoms with E-state index < -0.39 is 6.41 Å². The van der Waals surface area contributed by atoms with Crippen LogP contribution in [-0.4, -0.2) is 9.79 Å². The van der Waals surface area contributed by atoms with Gasteiger partial charge in [0.15, 0.2) is 0 Å². The molecule has 0 unspecified atom stereocenters. The molecule has 0 saturated heterocycles. The second kappa shape index (κ2) is 8.31. The first-order valence-corrected chi connectivity index (χ1v) is 15.4. The summed E-state index contributed by atoms with van der Waals surface area (Å²) in [7, 11) is 0. The standard InChI is InChI=1S/C30H48ClO2P/c1-19-15-21(27(3,4)5)25(22(16-19)28(6,7)8)34(31,32,33)26-23(29(9,10)11)17-20(2)18-24(26)30(12,13)14/h15-18,32-33H,1-14H3. The van der Waals surface area contributed by atoms with Crippen LogP contribution in [0.25, 0.3) is 0 Å². The Bertz CT molecular complexity index is 937. The van der Waals surface area contributed by atoms with E-state index in [1.165, 1.54) is 0 Å². The molecule has 0 saturated carbocycles. The van der Waals surface area contributed by atoms with Gasteiger partial charge >= 0.3 is 214 Å². The maximum atomic E-state index is 12.7. The predicted octanol–water partition coefficient (Wildman–Crippen LogP) is 7.97. The van der Waals surface area contributed by atoms with Crippen LogP contribution in [0.5, 0.6) is 0 Å². The van der Waals surface area contributed by atoms with Gasteiger partial charge in [0.2, 0.25) is 0 Å². The fraction of sp³-hybridized carbons (Fsp3) is 0.600. The molecular weight excluding hydrogens is 459 g/mol. The zero-order valence-corrected chi connectivity index (χ0v) is 25.7. The second-order valence-electron chi connectivity index (χ2n) is 14.3. The SMILES string of the molecule is Cc1cc(C(C)(C)C)c(P(O)(O)(Cl)c2c(C(C)(C)C)cc(C)cc2C(C)(C)C)c(C(C)(C)C)c1. The third kappa shape index (κ3) is 5.57. The molecule has 0 heterocycles. The van der Waals surface area contributed by atoms with Crippen LogP contribution in [0.2, 0.25) is 0 Å². The Balaban J connectivity index is 3.34. The summed E-state index contributed by atoms with van der Waals surface area (Å²) in [6.45, 7) is 29.5. The third-order valence-electron chi connectivity index (χ3n) is 6.53. The molecule has 0 atom stereocenters. The molecule has 192 valence electrons. The molecular formula is C30H48ClO2P. The molecule has 0 aliphatic heterocycles. The van der Waals surface area contributed by atoms with E-state index in [1.807, 2.05) is 0 Å². The van der Waals surface area contributed by atoms with Crippen LogP contribution in [0.15, 0.2) is 24.3 Å². The van der Waals surface area contributed by atoms with Crippen LogP contribution in [0.4, 0.5) is 0 Å². The van der Waals surface area contributed by atoms with Gasteiger partial charge in [-0.25, -0.2) is 0 Å². The molecule has 0 radical (unpaired) electrons. The zero-order valence-electron chi connectivity index (χ0n) is 24.0. The molecule has 0 bridgehead atoms. The first kappa shape index (κ1) is 29.3. The molecule has 2 N–H and O–H groups in total. The minimum absolute atomic E-state index is 0.334. The summed E-state index contributed by atoms with van der Waals surface area (Å²) >= 11 is 7.43. The number of rotatable bonds is 2. The average molecular weight is 507 g/mol. The average Bonchev–Trinajstić information content (AvgIpc) is 2.56. The van der Waals surface area contributed by atoms with E-state index in [0.717, 1.165) is 33.4 Å². The van der Waals surface area contributed by atoms with Crippen molar-refractivity contribution in [2.45, 2.75) is 119 Å². The number of hydrogen-bond acceptors (Lipinski definition) is 2. The van der Waals surface area contributed by atoms with Crippen LogP contribution in [-0.2, 0) is 21.7 Å². The molecule has 0 aliphatic rings. The number of halogens is 1. The maximum absolute atomic E-state index is 12.7. The number of aryl methyl sites for hydroxylation is 2. The number of benzene rings is 2. The van der Waals surface area contributed by atoms with E-state index in [0.29, 0.717) is 10.6 Å². The van der Waals surface area contributed by atoms with Gasteiger partial charge in [0.25, 0.3) is 0 Å². The fourth-order valence-corrected chi connectivity index (χ4v) is 9.43. The van der Waals surface area contributed by atoms with Crippen molar-refractivity contribution in [3.05, 3.63) is 57.6 Å². The van der Waals surface area contributed by atoms with Crippen molar-refractivity contribution in [1.29, 1.82) is 0 Å². The van der Waals surface area contributed by atoms with Crippen molar-refractivity contribution in [3.8, 4) is 0 Å². The molecule has 0 fully saturated rings. The molecule has 2 nitrogen and oxygen atoms in total. The summed E-state index contributed by atoms with van der Waals surface area (Å²) in [5.41, 5.74) is 4.45. The third-order valence-corrected chi connectivity index (χ3v) is 10.1. The predicted molar refractivity (Wildman–Crippen MR) is 154 cm³/mol. The molecule has 0 amide bonds. The quantitative estimate of drug-likeness (QED) is 0.405. The summed E-state index contributed by atoms with van der Waals surface area (Å²) < 4.78 is 0. The molecule has 0 spiro atoms. The van der Waals surface area contributed by atoms with Crippen LogP contribution in [0.3, 0.4) is 0 Å². The molecule has 2 aromatic rings. The Kier molecular flexibility index (Phi) is 7.16. The Morgan fingerprint density at radius 3 is 0.824 bits per heavy atom. The molecule has 34 heavy (non-hydrogen) atoms. The number of hydrogen-bond donors (Lipinski definition) is 2. The first-order chi connectivity index (χ1) is 14.8. The molecule has 0 aliphatic carbocycles. The van der Waals surface area contributed by atoms with E-state index in [1.54, 1.807) is 0 Å². The van der Waals surface area contributed by atoms with Crippen molar-refractivity contribution in [2.24, 2.45) is 0 Å². The first-order valence-electron chi connectivity index (χ1n) is 12.3. The van der Waals surface area contributed by atoms with Gasteiger partial charge in [0.1, 0.15) is 0 Å².